The topological polar surface area (TPSA) is 62.4 Å². The SMILES string of the molecule is CC(C)Cc1nc(CN(C)CCC(C)O)no1. The van der Waals surface area contributed by atoms with Gasteiger partial charge in [0.15, 0.2) is 5.82 Å². The minimum atomic E-state index is -0.265. The lowest BCUT2D eigenvalue weighted by molar-refractivity contribution is 0.161. The van der Waals surface area contributed by atoms with E-state index in [9.17, 15) is 5.11 Å². The Balaban J connectivity index is 2.37. The van der Waals surface area contributed by atoms with Crippen molar-refractivity contribution < 1.29 is 9.63 Å². The fourth-order valence-corrected chi connectivity index (χ4v) is 1.51. The van der Waals surface area contributed by atoms with Crippen molar-refractivity contribution in [2.24, 2.45) is 5.92 Å². The molecule has 98 valence electrons. The van der Waals surface area contributed by atoms with Crippen LogP contribution >= 0.6 is 0 Å². The maximum Gasteiger partial charge on any atom is 0.226 e. The Bertz CT molecular complexity index is 323. The fourth-order valence-electron chi connectivity index (χ4n) is 1.51. The molecule has 1 atom stereocenters. The summed E-state index contributed by atoms with van der Waals surface area (Å²) in [6.45, 7) is 7.53. The molecular formula is C12H23N3O2. The molecule has 0 aliphatic heterocycles. The minimum Gasteiger partial charge on any atom is -0.393 e. The predicted octanol–water partition coefficient (Wildman–Crippen LogP) is 1.47. The average molecular weight is 241 g/mol. The maximum atomic E-state index is 9.19. The van der Waals surface area contributed by atoms with Gasteiger partial charge in [-0.25, -0.2) is 0 Å². The standard InChI is InChI=1S/C12H23N3O2/c1-9(2)7-12-13-11(14-17-12)8-15(4)6-5-10(3)16/h9-10,16H,5-8H2,1-4H3. The van der Waals surface area contributed by atoms with E-state index in [1.807, 2.05) is 7.05 Å². The van der Waals surface area contributed by atoms with Crippen LogP contribution in [0.1, 0.15) is 38.9 Å². The summed E-state index contributed by atoms with van der Waals surface area (Å²) >= 11 is 0. The Hall–Kier alpha value is -0.940. The van der Waals surface area contributed by atoms with Gasteiger partial charge in [-0.15, -0.1) is 0 Å². The van der Waals surface area contributed by atoms with Gasteiger partial charge in [0.2, 0.25) is 5.89 Å². The number of hydrogen-bond acceptors (Lipinski definition) is 5. The van der Waals surface area contributed by atoms with Gasteiger partial charge in [-0.05, 0) is 26.3 Å². The zero-order chi connectivity index (χ0) is 12.8. The van der Waals surface area contributed by atoms with E-state index in [1.165, 1.54) is 0 Å². The van der Waals surface area contributed by atoms with Crippen LogP contribution in [-0.4, -0.2) is 39.8 Å². The zero-order valence-corrected chi connectivity index (χ0v) is 11.2. The molecule has 5 heteroatoms. The molecule has 5 nitrogen and oxygen atoms in total. The van der Waals surface area contributed by atoms with Crippen LogP contribution in [-0.2, 0) is 13.0 Å². The highest BCUT2D eigenvalue weighted by Crippen LogP contribution is 2.07. The highest BCUT2D eigenvalue weighted by Gasteiger charge is 2.10. The van der Waals surface area contributed by atoms with E-state index in [1.54, 1.807) is 6.92 Å². The Morgan fingerprint density at radius 2 is 2.06 bits per heavy atom. The van der Waals surface area contributed by atoms with Gasteiger partial charge < -0.3 is 9.63 Å². The van der Waals surface area contributed by atoms with Crippen LogP contribution in [0.3, 0.4) is 0 Å². The zero-order valence-electron chi connectivity index (χ0n) is 11.2. The van der Waals surface area contributed by atoms with E-state index < -0.39 is 0 Å². The summed E-state index contributed by atoms with van der Waals surface area (Å²) in [6, 6.07) is 0. The highest BCUT2D eigenvalue weighted by atomic mass is 16.5. The summed E-state index contributed by atoms with van der Waals surface area (Å²) in [5, 5.41) is 13.1. The molecule has 1 heterocycles. The smallest absolute Gasteiger partial charge is 0.226 e. The second kappa shape index (κ2) is 6.71. The molecule has 0 spiro atoms. The van der Waals surface area contributed by atoms with Crippen LogP contribution < -0.4 is 0 Å². The Kier molecular flexibility index (Phi) is 5.58. The summed E-state index contributed by atoms with van der Waals surface area (Å²) in [4.78, 5) is 6.42. The van der Waals surface area contributed by atoms with Crippen LogP contribution in [0.2, 0.25) is 0 Å². The number of aliphatic hydroxyl groups is 1. The van der Waals surface area contributed by atoms with Gasteiger partial charge in [0.05, 0.1) is 12.6 Å². The quantitative estimate of drug-likeness (QED) is 0.783. The van der Waals surface area contributed by atoms with E-state index in [0.717, 1.165) is 19.4 Å². The lowest BCUT2D eigenvalue weighted by atomic mass is 10.1. The van der Waals surface area contributed by atoms with Crippen molar-refractivity contribution in [3.05, 3.63) is 11.7 Å². The molecule has 1 unspecified atom stereocenters. The van der Waals surface area contributed by atoms with Crippen molar-refractivity contribution in [1.29, 1.82) is 0 Å². The molecule has 0 aromatic carbocycles. The second-order valence-corrected chi connectivity index (χ2v) is 5.08. The highest BCUT2D eigenvalue weighted by molar-refractivity contribution is 4.87. The molecule has 1 rings (SSSR count). The first-order valence-corrected chi connectivity index (χ1v) is 6.15. The summed E-state index contributed by atoms with van der Waals surface area (Å²) in [5.74, 6) is 1.95. The van der Waals surface area contributed by atoms with Gasteiger partial charge in [-0.1, -0.05) is 19.0 Å². The summed E-state index contributed by atoms with van der Waals surface area (Å²) in [5.41, 5.74) is 0. The average Bonchev–Trinajstić information content (AvgIpc) is 2.61. The van der Waals surface area contributed by atoms with Gasteiger partial charge in [-0.3, -0.25) is 4.90 Å². The Morgan fingerprint density at radius 3 is 2.65 bits per heavy atom. The van der Waals surface area contributed by atoms with Crippen LogP contribution in [0.25, 0.3) is 0 Å². The molecule has 17 heavy (non-hydrogen) atoms. The molecule has 0 bridgehead atoms. The molecule has 0 aliphatic carbocycles. The predicted molar refractivity (Wildman–Crippen MR) is 65.5 cm³/mol. The van der Waals surface area contributed by atoms with Crippen LogP contribution in [0, 0.1) is 5.92 Å². The van der Waals surface area contributed by atoms with Crippen LogP contribution in [0.4, 0.5) is 0 Å². The summed E-state index contributed by atoms with van der Waals surface area (Å²) < 4.78 is 5.16. The molecule has 0 saturated heterocycles. The monoisotopic (exact) mass is 241 g/mol. The van der Waals surface area contributed by atoms with Crippen molar-refractivity contribution in [2.75, 3.05) is 13.6 Å². The minimum absolute atomic E-state index is 0.265. The molecule has 1 aromatic rings. The van der Waals surface area contributed by atoms with E-state index in [4.69, 9.17) is 4.52 Å². The maximum absolute atomic E-state index is 9.19. The third kappa shape index (κ3) is 5.79. The van der Waals surface area contributed by atoms with Gasteiger partial charge in [-0.2, -0.15) is 4.98 Å². The Morgan fingerprint density at radius 1 is 1.35 bits per heavy atom. The van der Waals surface area contributed by atoms with Crippen LogP contribution in [0.15, 0.2) is 4.52 Å². The number of aliphatic hydroxyl groups excluding tert-OH is 1. The van der Waals surface area contributed by atoms with E-state index >= 15 is 0 Å². The lowest BCUT2D eigenvalue weighted by Gasteiger charge is -2.14. The van der Waals surface area contributed by atoms with Gasteiger partial charge in [0.1, 0.15) is 0 Å². The molecule has 0 fully saturated rings. The number of aromatic nitrogens is 2. The first kappa shape index (κ1) is 14.1. The molecule has 1 aromatic heterocycles. The van der Waals surface area contributed by atoms with Crippen molar-refractivity contribution >= 4 is 0 Å². The molecule has 0 saturated carbocycles. The Labute approximate surface area is 103 Å². The van der Waals surface area contributed by atoms with Crippen molar-refractivity contribution in [3.63, 3.8) is 0 Å². The summed E-state index contributed by atoms with van der Waals surface area (Å²) in [7, 11) is 1.99. The first-order chi connectivity index (χ1) is 7.97. The fraction of sp³-hybridized carbons (Fsp3) is 0.833. The van der Waals surface area contributed by atoms with Crippen LogP contribution in [0.5, 0.6) is 0 Å². The van der Waals surface area contributed by atoms with Gasteiger partial charge >= 0.3 is 0 Å². The molecule has 1 N–H and O–H groups in total. The largest absolute Gasteiger partial charge is 0.393 e. The second-order valence-electron chi connectivity index (χ2n) is 5.08. The first-order valence-electron chi connectivity index (χ1n) is 6.15. The summed E-state index contributed by atoms with van der Waals surface area (Å²) in [6.07, 6.45) is 1.32. The lowest BCUT2D eigenvalue weighted by Crippen LogP contribution is -2.22. The molecular weight excluding hydrogens is 218 g/mol. The van der Waals surface area contributed by atoms with Crippen molar-refractivity contribution in [2.45, 2.75) is 46.3 Å². The normalized spacial score (nSPS) is 13.6. The van der Waals surface area contributed by atoms with E-state index in [0.29, 0.717) is 24.2 Å². The van der Waals surface area contributed by atoms with E-state index in [2.05, 4.69) is 28.9 Å². The van der Waals surface area contributed by atoms with Crippen molar-refractivity contribution in [1.82, 2.24) is 15.0 Å². The number of hydrogen-bond donors (Lipinski definition) is 1. The van der Waals surface area contributed by atoms with Crippen molar-refractivity contribution in [3.8, 4) is 0 Å². The number of nitrogens with zero attached hydrogens (tertiary/aromatic N) is 3. The van der Waals surface area contributed by atoms with E-state index in [-0.39, 0.29) is 6.10 Å². The molecule has 0 radical (unpaired) electrons. The molecule has 0 amide bonds. The molecule has 0 aliphatic rings. The third-order valence-corrected chi connectivity index (χ3v) is 2.43. The number of rotatable bonds is 7. The third-order valence-electron chi connectivity index (χ3n) is 2.43. The van der Waals surface area contributed by atoms with Gasteiger partial charge in [0.25, 0.3) is 0 Å². The van der Waals surface area contributed by atoms with Gasteiger partial charge in [0, 0.05) is 13.0 Å².